The number of nitrogens with one attached hydrogen (secondary N) is 2. The first-order valence-electron chi connectivity index (χ1n) is 8.35. The number of rotatable bonds is 8. The van der Waals surface area contributed by atoms with E-state index in [1.165, 1.54) is 24.9 Å². The van der Waals surface area contributed by atoms with Crippen LogP contribution in [0.25, 0.3) is 0 Å². The van der Waals surface area contributed by atoms with Crippen molar-refractivity contribution in [3.63, 3.8) is 0 Å². The third kappa shape index (κ3) is 4.06. The molecule has 1 saturated heterocycles. The minimum atomic E-state index is 0.641. The van der Waals surface area contributed by atoms with Crippen molar-refractivity contribution in [3.05, 3.63) is 11.9 Å². The van der Waals surface area contributed by atoms with Gasteiger partial charge in [-0.2, -0.15) is 0 Å². The Morgan fingerprint density at radius 3 is 2.62 bits per heavy atom. The van der Waals surface area contributed by atoms with Crippen LogP contribution in [0.3, 0.4) is 0 Å². The van der Waals surface area contributed by atoms with Crippen molar-refractivity contribution < 1.29 is 0 Å². The van der Waals surface area contributed by atoms with Crippen LogP contribution >= 0.6 is 0 Å². The summed E-state index contributed by atoms with van der Waals surface area (Å²) >= 11 is 0. The molecule has 1 aromatic heterocycles. The van der Waals surface area contributed by atoms with Gasteiger partial charge in [-0.25, -0.2) is 9.97 Å². The van der Waals surface area contributed by atoms with Crippen LogP contribution in [0.4, 0.5) is 11.6 Å². The topological polar surface area (TPSA) is 53.1 Å². The van der Waals surface area contributed by atoms with Crippen molar-refractivity contribution in [3.8, 4) is 0 Å². The maximum absolute atomic E-state index is 4.47. The number of likely N-dealkylation sites (N-methyl/N-ethyl adjacent to an activating group) is 1. The van der Waals surface area contributed by atoms with Crippen LogP contribution in [-0.2, 0) is 6.42 Å². The monoisotopic (exact) mass is 291 g/mol. The summed E-state index contributed by atoms with van der Waals surface area (Å²) in [6.07, 6.45) is 6.37. The molecule has 2 rings (SSSR count). The lowest BCUT2D eigenvalue weighted by molar-refractivity contribution is 0.277. The molecule has 0 radical (unpaired) electrons. The van der Waals surface area contributed by atoms with E-state index in [2.05, 4.69) is 46.3 Å². The fraction of sp³-hybridized carbons (Fsp3) is 0.750. The Hall–Kier alpha value is -1.36. The molecule has 2 N–H and O–H groups in total. The molecule has 1 atom stereocenters. The molecular formula is C16H29N5. The highest BCUT2D eigenvalue weighted by Crippen LogP contribution is 2.23. The molecule has 0 aromatic carbocycles. The first-order valence-corrected chi connectivity index (χ1v) is 8.35. The van der Waals surface area contributed by atoms with Gasteiger partial charge >= 0.3 is 0 Å². The van der Waals surface area contributed by atoms with Gasteiger partial charge in [0.2, 0.25) is 0 Å². The van der Waals surface area contributed by atoms with Gasteiger partial charge in [0, 0.05) is 24.7 Å². The minimum absolute atomic E-state index is 0.641. The van der Waals surface area contributed by atoms with Gasteiger partial charge in [-0.3, -0.25) is 4.90 Å². The van der Waals surface area contributed by atoms with Crippen LogP contribution in [0, 0.1) is 0 Å². The first-order chi connectivity index (χ1) is 10.3. The molecule has 1 aromatic rings. The van der Waals surface area contributed by atoms with Gasteiger partial charge in [0.15, 0.2) is 0 Å². The zero-order chi connectivity index (χ0) is 15.1. The van der Waals surface area contributed by atoms with Crippen LogP contribution in [0.15, 0.2) is 6.33 Å². The molecule has 0 aliphatic carbocycles. The molecule has 5 heteroatoms. The van der Waals surface area contributed by atoms with Crippen LogP contribution in [-0.4, -0.2) is 47.1 Å². The minimum Gasteiger partial charge on any atom is -0.370 e. The summed E-state index contributed by atoms with van der Waals surface area (Å²) in [5, 5.41) is 6.92. The van der Waals surface area contributed by atoms with Crippen molar-refractivity contribution in [1.82, 2.24) is 14.9 Å². The number of likely N-dealkylation sites (tertiary alicyclic amines) is 1. The van der Waals surface area contributed by atoms with E-state index in [-0.39, 0.29) is 0 Å². The molecule has 0 amide bonds. The fourth-order valence-corrected chi connectivity index (χ4v) is 3.13. The summed E-state index contributed by atoms with van der Waals surface area (Å²) in [6.45, 7) is 10.8. The predicted octanol–water partition coefficient (Wildman–Crippen LogP) is 2.76. The highest BCUT2D eigenvalue weighted by molar-refractivity contribution is 5.57. The van der Waals surface area contributed by atoms with Crippen LogP contribution < -0.4 is 10.6 Å². The van der Waals surface area contributed by atoms with E-state index in [1.807, 2.05) is 0 Å². The Balaban J connectivity index is 2.06. The van der Waals surface area contributed by atoms with Crippen molar-refractivity contribution in [2.24, 2.45) is 0 Å². The SMILES string of the molecule is CCCc1c(NCC)ncnc1NCC1CCCN1CC. The third-order valence-corrected chi connectivity index (χ3v) is 4.20. The summed E-state index contributed by atoms with van der Waals surface area (Å²) in [5.74, 6) is 1.99. The van der Waals surface area contributed by atoms with Gasteiger partial charge in [0.25, 0.3) is 0 Å². The lowest BCUT2D eigenvalue weighted by Gasteiger charge is -2.24. The molecule has 2 heterocycles. The predicted molar refractivity (Wildman–Crippen MR) is 88.9 cm³/mol. The van der Waals surface area contributed by atoms with Gasteiger partial charge in [-0.15, -0.1) is 0 Å². The molecule has 1 aliphatic heterocycles. The maximum Gasteiger partial charge on any atom is 0.134 e. The molecule has 0 bridgehead atoms. The molecule has 1 fully saturated rings. The number of aromatic nitrogens is 2. The standard InChI is InChI=1S/C16H29N5/c1-4-8-14-15(17-5-2)19-12-20-16(14)18-11-13-9-7-10-21(13)6-3/h12-13H,4-11H2,1-3H3,(H2,17,18,19,20). The molecule has 118 valence electrons. The van der Waals surface area contributed by atoms with E-state index in [0.717, 1.165) is 44.1 Å². The van der Waals surface area contributed by atoms with Crippen molar-refractivity contribution >= 4 is 11.6 Å². The second-order valence-electron chi connectivity index (χ2n) is 5.64. The maximum atomic E-state index is 4.47. The lowest BCUT2D eigenvalue weighted by Crippen LogP contribution is -2.35. The average molecular weight is 291 g/mol. The summed E-state index contributed by atoms with van der Waals surface area (Å²) in [7, 11) is 0. The van der Waals surface area contributed by atoms with Crippen molar-refractivity contribution in [2.75, 3.05) is 36.8 Å². The van der Waals surface area contributed by atoms with E-state index < -0.39 is 0 Å². The molecule has 1 unspecified atom stereocenters. The number of nitrogens with zero attached hydrogens (tertiary/aromatic N) is 3. The normalized spacial score (nSPS) is 18.9. The Bertz CT molecular complexity index is 435. The summed E-state index contributed by atoms with van der Waals surface area (Å²) in [4.78, 5) is 11.4. The Labute approximate surface area is 128 Å². The second-order valence-corrected chi connectivity index (χ2v) is 5.64. The zero-order valence-electron chi connectivity index (χ0n) is 13.7. The van der Waals surface area contributed by atoms with Gasteiger partial charge in [-0.05, 0) is 39.3 Å². The lowest BCUT2D eigenvalue weighted by atomic mass is 10.1. The third-order valence-electron chi connectivity index (χ3n) is 4.20. The highest BCUT2D eigenvalue weighted by atomic mass is 15.2. The molecule has 21 heavy (non-hydrogen) atoms. The Kier molecular flexibility index (Phi) is 6.23. The number of hydrogen-bond acceptors (Lipinski definition) is 5. The molecule has 0 spiro atoms. The van der Waals surface area contributed by atoms with Crippen LogP contribution in [0.1, 0.15) is 45.6 Å². The smallest absolute Gasteiger partial charge is 0.134 e. The van der Waals surface area contributed by atoms with E-state index >= 15 is 0 Å². The summed E-state index contributed by atoms with van der Waals surface area (Å²) in [5.41, 5.74) is 1.22. The van der Waals surface area contributed by atoms with Gasteiger partial charge < -0.3 is 10.6 Å². The zero-order valence-corrected chi connectivity index (χ0v) is 13.7. The quantitative estimate of drug-likeness (QED) is 0.771. The molecule has 5 nitrogen and oxygen atoms in total. The average Bonchev–Trinajstić information content (AvgIpc) is 2.95. The summed E-state index contributed by atoms with van der Waals surface area (Å²) in [6, 6.07) is 0.641. The molecular weight excluding hydrogens is 262 g/mol. The first kappa shape index (κ1) is 16.0. The van der Waals surface area contributed by atoms with Crippen LogP contribution in [0.2, 0.25) is 0 Å². The van der Waals surface area contributed by atoms with Crippen molar-refractivity contribution in [1.29, 1.82) is 0 Å². The van der Waals surface area contributed by atoms with E-state index in [9.17, 15) is 0 Å². The highest BCUT2D eigenvalue weighted by Gasteiger charge is 2.23. The van der Waals surface area contributed by atoms with Gasteiger partial charge in [-0.1, -0.05) is 20.3 Å². The van der Waals surface area contributed by atoms with E-state index in [4.69, 9.17) is 0 Å². The summed E-state index contributed by atoms with van der Waals surface area (Å²) < 4.78 is 0. The van der Waals surface area contributed by atoms with Gasteiger partial charge in [0.1, 0.15) is 18.0 Å². The molecule has 0 saturated carbocycles. The molecule has 1 aliphatic rings. The largest absolute Gasteiger partial charge is 0.370 e. The Morgan fingerprint density at radius 1 is 1.19 bits per heavy atom. The van der Waals surface area contributed by atoms with E-state index in [0.29, 0.717) is 6.04 Å². The number of hydrogen-bond donors (Lipinski definition) is 2. The Morgan fingerprint density at radius 2 is 1.95 bits per heavy atom. The van der Waals surface area contributed by atoms with Crippen LogP contribution in [0.5, 0.6) is 0 Å². The fourth-order valence-electron chi connectivity index (χ4n) is 3.13. The van der Waals surface area contributed by atoms with Crippen molar-refractivity contribution in [2.45, 2.75) is 52.5 Å². The second kappa shape index (κ2) is 8.17. The number of anilines is 2. The van der Waals surface area contributed by atoms with E-state index in [1.54, 1.807) is 6.33 Å². The van der Waals surface area contributed by atoms with Gasteiger partial charge in [0.05, 0.1) is 0 Å².